The molecule has 1 aromatic carbocycles. The van der Waals surface area contributed by atoms with E-state index in [-0.39, 0.29) is 0 Å². The van der Waals surface area contributed by atoms with Crippen LogP contribution in [0.2, 0.25) is 0 Å². The molecular weight excluding hydrogens is 641 g/mol. The van der Waals surface area contributed by atoms with Crippen LogP contribution in [0, 0.1) is 6.92 Å². The number of pyridine rings is 1. The van der Waals surface area contributed by atoms with E-state index in [4.69, 9.17) is 9.72 Å². The molecule has 3 aromatic heterocycles. The first-order valence-corrected chi connectivity index (χ1v) is 18.3. The fourth-order valence-corrected chi connectivity index (χ4v) is 7.95. The summed E-state index contributed by atoms with van der Waals surface area (Å²) in [6.07, 6.45) is 7.57. The van der Waals surface area contributed by atoms with Gasteiger partial charge in [0.1, 0.15) is 29.8 Å². The van der Waals surface area contributed by atoms with Crippen LogP contribution in [0.1, 0.15) is 18.4 Å². The number of anilines is 5. The van der Waals surface area contributed by atoms with Gasteiger partial charge in [0.15, 0.2) is 0 Å². The number of piperidine rings is 1. The molecule has 0 radical (unpaired) electrons. The number of hydrogen-bond donors (Lipinski definition) is 2. The molecular formula is C31H41BrN9O2P. The second-order valence-corrected chi connectivity index (χ2v) is 16.3. The van der Waals surface area contributed by atoms with Gasteiger partial charge in [0, 0.05) is 68.6 Å². The minimum atomic E-state index is -2.67. The van der Waals surface area contributed by atoms with Gasteiger partial charge in [-0.15, -0.1) is 0 Å². The number of nitrogens with zero attached hydrogens (tertiary/aromatic N) is 7. The number of ether oxygens (including phenoxy) is 1. The minimum absolute atomic E-state index is 0.411. The van der Waals surface area contributed by atoms with E-state index in [2.05, 4.69) is 84.4 Å². The zero-order valence-electron chi connectivity index (χ0n) is 26.2. The van der Waals surface area contributed by atoms with Crippen LogP contribution in [0.5, 0.6) is 5.75 Å². The SMILES string of the molecule is COc1cc(N2CCC(N3CC(N(C)C)C3)CC2)c(C)cc1Nc1ncc(Br)c(Nc2ccc3nccn3c2P(C)(C)=O)n1. The van der Waals surface area contributed by atoms with Crippen LogP contribution < -0.4 is 25.7 Å². The van der Waals surface area contributed by atoms with Crippen LogP contribution in [-0.2, 0) is 4.57 Å². The van der Waals surface area contributed by atoms with Crippen molar-refractivity contribution < 1.29 is 9.30 Å². The Kier molecular flexibility index (Phi) is 8.63. The monoisotopic (exact) mass is 681 g/mol. The number of benzene rings is 1. The summed E-state index contributed by atoms with van der Waals surface area (Å²) in [4.78, 5) is 21.1. The Morgan fingerprint density at radius 3 is 2.50 bits per heavy atom. The van der Waals surface area contributed by atoms with E-state index >= 15 is 0 Å². The molecule has 0 bridgehead atoms. The highest BCUT2D eigenvalue weighted by atomic mass is 79.9. The maximum Gasteiger partial charge on any atom is 0.229 e. The molecule has 0 atom stereocenters. The van der Waals surface area contributed by atoms with E-state index in [9.17, 15) is 4.57 Å². The molecule has 2 aliphatic heterocycles. The molecule has 5 heterocycles. The van der Waals surface area contributed by atoms with Gasteiger partial charge in [0.25, 0.3) is 0 Å². The highest BCUT2D eigenvalue weighted by Gasteiger charge is 2.35. The lowest BCUT2D eigenvalue weighted by Crippen LogP contribution is -2.62. The Bertz CT molecular complexity index is 1710. The molecule has 0 aliphatic carbocycles. The molecule has 0 unspecified atom stereocenters. The molecule has 0 amide bonds. The first-order chi connectivity index (χ1) is 21.0. The number of fused-ring (bicyclic) bond motifs is 1. The van der Waals surface area contributed by atoms with Gasteiger partial charge in [-0.1, -0.05) is 0 Å². The maximum atomic E-state index is 13.3. The Balaban J connectivity index is 1.19. The van der Waals surface area contributed by atoms with Crippen LogP contribution in [0.3, 0.4) is 0 Å². The fraction of sp³-hybridized carbons (Fsp3) is 0.452. The number of aryl methyl sites for hydroxylation is 1. The van der Waals surface area contributed by atoms with E-state index < -0.39 is 7.14 Å². The van der Waals surface area contributed by atoms with Crippen LogP contribution >= 0.6 is 23.1 Å². The highest BCUT2D eigenvalue weighted by molar-refractivity contribution is 9.10. The number of halogens is 1. The third-order valence-corrected chi connectivity index (χ3v) is 10.8. The lowest BCUT2D eigenvalue weighted by molar-refractivity contribution is 0.0188. The Morgan fingerprint density at radius 1 is 1.07 bits per heavy atom. The molecule has 4 aromatic rings. The number of likely N-dealkylation sites (tertiary alicyclic amines) is 1. The number of hydrogen-bond acceptors (Lipinski definition) is 10. The van der Waals surface area contributed by atoms with E-state index in [1.807, 2.05) is 22.7 Å². The molecule has 6 rings (SSSR count). The van der Waals surface area contributed by atoms with Gasteiger partial charge in [0.2, 0.25) is 5.95 Å². The smallest absolute Gasteiger partial charge is 0.229 e. The van der Waals surface area contributed by atoms with Crippen molar-refractivity contribution in [3.05, 3.63) is 52.9 Å². The van der Waals surface area contributed by atoms with Gasteiger partial charge in [-0.05, 0) is 86.9 Å². The van der Waals surface area contributed by atoms with Crippen molar-refractivity contribution in [2.75, 3.05) is 76.2 Å². The van der Waals surface area contributed by atoms with E-state index in [0.29, 0.717) is 39.4 Å². The lowest BCUT2D eigenvalue weighted by atomic mass is 9.96. The average molecular weight is 683 g/mol. The van der Waals surface area contributed by atoms with Gasteiger partial charge in [0.05, 0.1) is 23.0 Å². The predicted molar refractivity (Wildman–Crippen MR) is 183 cm³/mol. The Morgan fingerprint density at radius 2 is 1.82 bits per heavy atom. The summed E-state index contributed by atoms with van der Waals surface area (Å²) in [5.74, 6) is 1.69. The second kappa shape index (κ2) is 12.3. The van der Waals surface area contributed by atoms with Crippen LogP contribution in [0.25, 0.3) is 5.65 Å². The number of aromatic nitrogens is 4. The molecule has 2 N–H and O–H groups in total. The summed E-state index contributed by atoms with van der Waals surface area (Å²) in [7, 11) is 3.37. The van der Waals surface area contributed by atoms with Crippen molar-refractivity contribution in [3.8, 4) is 5.75 Å². The number of nitrogens with one attached hydrogen (secondary N) is 2. The maximum absolute atomic E-state index is 13.3. The fourth-order valence-electron chi connectivity index (χ4n) is 6.26. The molecule has 11 nitrogen and oxygen atoms in total. The van der Waals surface area contributed by atoms with E-state index in [1.54, 1.807) is 32.8 Å². The first-order valence-electron chi connectivity index (χ1n) is 14.9. The standard InChI is InChI=1S/C31H41BrN9O2P/c1-20-15-25(27(43-4)16-26(20)39-12-9-21(10-13-39)40-18-22(19-40)38(2)3)36-31-34-17-23(32)29(37-31)35-24-7-8-28-33-11-14-41(28)30(24)44(5,6)42/h7-8,11,14-17,21-22H,9-10,12-13,18-19H2,1-6H3,(H2,34,35,36,37). The number of imidazole rings is 1. The molecule has 2 fully saturated rings. The van der Waals surface area contributed by atoms with Crippen LogP contribution in [0.15, 0.2) is 47.3 Å². The van der Waals surface area contributed by atoms with Gasteiger partial charge in [-0.25, -0.2) is 9.97 Å². The van der Waals surface area contributed by atoms with Crippen LogP contribution in [0.4, 0.5) is 28.8 Å². The summed E-state index contributed by atoms with van der Waals surface area (Å²) in [5, 5.41) is 6.73. The second-order valence-electron chi connectivity index (χ2n) is 12.3. The predicted octanol–water partition coefficient (Wildman–Crippen LogP) is 5.15. The summed E-state index contributed by atoms with van der Waals surface area (Å²) in [6.45, 7) is 10.1. The normalized spacial score (nSPS) is 16.9. The Hall–Kier alpha value is -3.18. The molecule has 0 saturated carbocycles. The Labute approximate surface area is 267 Å². The van der Waals surface area contributed by atoms with Gasteiger partial charge < -0.3 is 29.7 Å². The van der Waals surface area contributed by atoms with Crippen molar-refractivity contribution in [1.29, 1.82) is 0 Å². The van der Waals surface area contributed by atoms with E-state index in [1.165, 1.54) is 37.2 Å². The summed E-state index contributed by atoms with van der Waals surface area (Å²) in [5.41, 5.74) is 5.27. The molecule has 234 valence electrons. The van der Waals surface area contributed by atoms with Crippen LogP contribution in [-0.4, -0.2) is 102 Å². The largest absolute Gasteiger partial charge is 0.494 e. The van der Waals surface area contributed by atoms with Crippen molar-refractivity contribution >= 4 is 63.0 Å². The highest BCUT2D eigenvalue weighted by Crippen LogP contribution is 2.40. The summed E-state index contributed by atoms with van der Waals surface area (Å²) in [6, 6.07) is 9.36. The minimum Gasteiger partial charge on any atom is -0.494 e. The molecule has 44 heavy (non-hydrogen) atoms. The molecule has 0 spiro atoms. The van der Waals surface area contributed by atoms with Crippen molar-refractivity contribution in [2.24, 2.45) is 0 Å². The summed E-state index contributed by atoms with van der Waals surface area (Å²) < 4.78 is 21.7. The van der Waals surface area contributed by atoms with Gasteiger partial charge >= 0.3 is 0 Å². The third kappa shape index (κ3) is 6.18. The molecule has 2 aliphatic rings. The molecule has 2 saturated heterocycles. The number of likely N-dealkylation sites (N-methyl/N-ethyl adjacent to an activating group) is 1. The number of methoxy groups -OCH3 is 1. The van der Waals surface area contributed by atoms with Gasteiger partial charge in [-0.3, -0.25) is 9.30 Å². The number of rotatable bonds is 9. The lowest BCUT2D eigenvalue weighted by Gasteiger charge is -2.49. The topological polar surface area (TPSA) is 103 Å². The average Bonchev–Trinajstić information content (AvgIpc) is 3.42. The van der Waals surface area contributed by atoms with Crippen molar-refractivity contribution in [2.45, 2.75) is 31.8 Å². The van der Waals surface area contributed by atoms with E-state index in [0.717, 1.165) is 30.2 Å². The zero-order chi connectivity index (χ0) is 31.2. The first kappa shape index (κ1) is 30.8. The van der Waals surface area contributed by atoms with Gasteiger partial charge in [-0.2, -0.15) is 4.98 Å². The molecule has 13 heteroatoms. The quantitative estimate of drug-likeness (QED) is 0.231. The zero-order valence-corrected chi connectivity index (χ0v) is 28.7. The summed E-state index contributed by atoms with van der Waals surface area (Å²) >= 11 is 3.58. The van der Waals surface area contributed by atoms with Crippen molar-refractivity contribution in [3.63, 3.8) is 0 Å². The third-order valence-electron chi connectivity index (χ3n) is 8.75. The van der Waals surface area contributed by atoms with Crippen molar-refractivity contribution in [1.82, 2.24) is 29.2 Å².